The molecule has 0 aliphatic carbocycles. The molecule has 0 aromatic carbocycles. The van der Waals surface area contributed by atoms with Crippen LogP contribution in [-0.4, -0.2) is 12.6 Å². The minimum absolute atomic E-state index is 0.0300. The van der Waals surface area contributed by atoms with Gasteiger partial charge in [-0.1, -0.05) is 51.3 Å². The fourth-order valence-corrected chi connectivity index (χ4v) is 1.16. The maximum absolute atomic E-state index is 11.3. The minimum Gasteiger partial charge on any atom is -0.460 e. The monoisotopic (exact) mass is 218 g/mol. The number of carbonyl (C=O) groups excluding carboxylic acids is 1. The summed E-state index contributed by atoms with van der Waals surface area (Å²) in [5, 5.41) is 0.360. The maximum Gasteiger partial charge on any atom is 0.309 e. The molecule has 0 spiro atoms. The van der Waals surface area contributed by atoms with Gasteiger partial charge in [-0.15, -0.1) is 0 Å². The molecule has 2 nitrogen and oxygen atoms in total. The Kier molecular flexibility index (Phi) is 7.58. The Morgan fingerprint density at radius 2 is 2.14 bits per heavy atom. The van der Waals surface area contributed by atoms with Crippen molar-refractivity contribution >= 4 is 17.6 Å². The van der Waals surface area contributed by atoms with Crippen molar-refractivity contribution in [3.8, 4) is 0 Å². The summed E-state index contributed by atoms with van der Waals surface area (Å²) < 4.78 is 4.93. The molecule has 0 bridgehead atoms. The van der Waals surface area contributed by atoms with Gasteiger partial charge in [0.05, 0.1) is 5.92 Å². The van der Waals surface area contributed by atoms with E-state index in [9.17, 15) is 4.79 Å². The third-order valence-electron chi connectivity index (χ3n) is 2.01. The molecular weight excluding hydrogens is 200 g/mol. The molecule has 1 unspecified atom stereocenters. The molecule has 82 valence electrons. The zero-order chi connectivity index (χ0) is 11.0. The highest BCUT2D eigenvalue weighted by Gasteiger charge is 2.13. The van der Waals surface area contributed by atoms with Gasteiger partial charge >= 0.3 is 5.97 Å². The van der Waals surface area contributed by atoms with E-state index in [1.807, 2.05) is 6.92 Å². The summed E-state index contributed by atoms with van der Waals surface area (Å²) in [7, 11) is 0. The van der Waals surface area contributed by atoms with Crippen molar-refractivity contribution in [3.05, 3.63) is 11.6 Å². The summed E-state index contributed by atoms with van der Waals surface area (Å²) in [4.78, 5) is 11.3. The van der Waals surface area contributed by atoms with Gasteiger partial charge in [0.2, 0.25) is 0 Å². The summed E-state index contributed by atoms with van der Waals surface area (Å²) in [6, 6.07) is 0. The van der Waals surface area contributed by atoms with Crippen molar-refractivity contribution in [2.45, 2.75) is 39.5 Å². The zero-order valence-electron chi connectivity index (χ0n) is 9.01. The van der Waals surface area contributed by atoms with Crippen LogP contribution in [0.1, 0.15) is 39.5 Å². The van der Waals surface area contributed by atoms with Gasteiger partial charge < -0.3 is 4.74 Å². The topological polar surface area (TPSA) is 26.3 Å². The van der Waals surface area contributed by atoms with Gasteiger partial charge in [0.25, 0.3) is 0 Å². The number of esters is 1. The quantitative estimate of drug-likeness (QED) is 0.483. The number of halogens is 1. The van der Waals surface area contributed by atoms with E-state index in [4.69, 9.17) is 16.3 Å². The standard InChI is InChI=1S/C11H19ClO2/c1-4-5-6-7-9(2)11(13)14-8-10(3)12/h9H,3-8H2,1-2H3. The molecule has 0 aromatic rings. The second-order valence-electron chi connectivity index (χ2n) is 3.52. The van der Waals surface area contributed by atoms with Gasteiger partial charge in [-0.2, -0.15) is 0 Å². The molecule has 0 N–H and O–H groups in total. The normalized spacial score (nSPS) is 12.2. The largest absolute Gasteiger partial charge is 0.460 e. The van der Waals surface area contributed by atoms with Crippen molar-refractivity contribution in [1.82, 2.24) is 0 Å². The predicted octanol–water partition coefficient (Wildman–Crippen LogP) is 3.50. The van der Waals surface area contributed by atoms with E-state index in [0.717, 1.165) is 12.8 Å². The maximum atomic E-state index is 11.3. The zero-order valence-corrected chi connectivity index (χ0v) is 9.77. The van der Waals surface area contributed by atoms with Gasteiger partial charge in [0.1, 0.15) is 6.61 Å². The average Bonchev–Trinajstić information content (AvgIpc) is 2.14. The van der Waals surface area contributed by atoms with Gasteiger partial charge in [-0.3, -0.25) is 4.79 Å². The Hall–Kier alpha value is -0.500. The second-order valence-corrected chi connectivity index (χ2v) is 4.06. The smallest absolute Gasteiger partial charge is 0.309 e. The van der Waals surface area contributed by atoms with Crippen LogP contribution in [0.15, 0.2) is 11.6 Å². The number of hydrogen-bond acceptors (Lipinski definition) is 2. The van der Waals surface area contributed by atoms with E-state index >= 15 is 0 Å². The fraction of sp³-hybridized carbons (Fsp3) is 0.727. The first-order valence-corrected chi connectivity index (χ1v) is 5.45. The second kappa shape index (κ2) is 7.86. The minimum atomic E-state index is -0.178. The van der Waals surface area contributed by atoms with Crippen LogP contribution in [0, 0.1) is 5.92 Å². The van der Waals surface area contributed by atoms with E-state index < -0.39 is 0 Å². The molecule has 0 saturated heterocycles. The summed E-state index contributed by atoms with van der Waals surface area (Å²) in [5.74, 6) is -0.208. The molecular formula is C11H19ClO2. The summed E-state index contributed by atoms with van der Waals surface area (Å²) in [6.07, 6.45) is 4.30. The predicted molar refractivity (Wildman–Crippen MR) is 59.3 cm³/mol. The molecule has 0 aliphatic heterocycles. The number of unbranched alkanes of at least 4 members (excludes halogenated alkanes) is 2. The molecule has 14 heavy (non-hydrogen) atoms. The highest BCUT2D eigenvalue weighted by molar-refractivity contribution is 6.29. The van der Waals surface area contributed by atoms with Crippen LogP contribution in [0.3, 0.4) is 0 Å². The van der Waals surface area contributed by atoms with Crippen LogP contribution in [0.25, 0.3) is 0 Å². The van der Waals surface area contributed by atoms with E-state index in [-0.39, 0.29) is 18.5 Å². The van der Waals surface area contributed by atoms with E-state index in [1.165, 1.54) is 12.8 Å². The molecule has 0 rings (SSSR count). The van der Waals surface area contributed by atoms with Crippen molar-refractivity contribution < 1.29 is 9.53 Å². The Morgan fingerprint density at radius 1 is 1.50 bits per heavy atom. The third-order valence-corrected chi connectivity index (χ3v) is 2.12. The molecule has 0 aliphatic rings. The SMILES string of the molecule is C=C(Cl)COC(=O)C(C)CCCCC. The summed E-state index contributed by atoms with van der Waals surface area (Å²) >= 11 is 5.48. The molecule has 0 heterocycles. The Labute approximate surface area is 91.3 Å². The van der Waals surface area contributed by atoms with Gasteiger partial charge in [0, 0.05) is 5.03 Å². The van der Waals surface area contributed by atoms with Crippen molar-refractivity contribution in [1.29, 1.82) is 0 Å². The first-order chi connectivity index (χ1) is 6.57. The van der Waals surface area contributed by atoms with Gasteiger partial charge in [-0.25, -0.2) is 0 Å². The van der Waals surface area contributed by atoms with E-state index in [2.05, 4.69) is 13.5 Å². The number of rotatable bonds is 7. The molecule has 0 saturated carbocycles. The summed E-state index contributed by atoms with van der Waals surface area (Å²) in [6.45, 7) is 7.60. The van der Waals surface area contributed by atoms with Gasteiger partial charge in [-0.05, 0) is 6.42 Å². The molecule has 0 amide bonds. The Bertz CT molecular complexity index is 190. The Balaban J connectivity index is 3.59. The van der Waals surface area contributed by atoms with Crippen LogP contribution < -0.4 is 0 Å². The molecule has 0 radical (unpaired) electrons. The third kappa shape index (κ3) is 6.96. The van der Waals surface area contributed by atoms with Crippen LogP contribution >= 0.6 is 11.6 Å². The summed E-state index contributed by atoms with van der Waals surface area (Å²) in [5.41, 5.74) is 0. The van der Waals surface area contributed by atoms with Crippen LogP contribution in [-0.2, 0) is 9.53 Å². The first-order valence-electron chi connectivity index (χ1n) is 5.07. The van der Waals surface area contributed by atoms with Crippen LogP contribution in [0.5, 0.6) is 0 Å². The van der Waals surface area contributed by atoms with Crippen LogP contribution in [0.4, 0.5) is 0 Å². The lowest BCUT2D eigenvalue weighted by Gasteiger charge is -2.10. The highest BCUT2D eigenvalue weighted by Crippen LogP contribution is 2.11. The fourth-order valence-electron chi connectivity index (χ4n) is 1.11. The number of hydrogen-bond donors (Lipinski definition) is 0. The van der Waals surface area contributed by atoms with Crippen molar-refractivity contribution in [2.75, 3.05) is 6.61 Å². The molecule has 0 aromatic heterocycles. The molecule has 0 fully saturated rings. The number of carbonyl (C=O) groups is 1. The lowest BCUT2D eigenvalue weighted by Crippen LogP contribution is -2.15. The lowest BCUT2D eigenvalue weighted by molar-refractivity contribution is -0.147. The first kappa shape index (κ1) is 13.5. The number of ether oxygens (including phenoxy) is 1. The molecule has 3 heteroatoms. The Morgan fingerprint density at radius 3 is 2.64 bits per heavy atom. The average molecular weight is 219 g/mol. The van der Waals surface area contributed by atoms with Crippen molar-refractivity contribution in [2.24, 2.45) is 5.92 Å². The van der Waals surface area contributed by atoms with E-state index in [0.29, 0.717) is 5.03 Å². The van der Waals surface area contributed by atoms with Crippen molar-refractivity contribution in [3.63, 3.8) is 0 Å². The van der Waals surface area contributed by atoms with Crippen LogP contribution in [0.2, 0.25) is 0 Å². The lowest BCUT2D eigenvalue weighted by atomic mass is 10.0. The highest BCUT2D eigenvalue weighted by atomic mass is 35.5. The van der Waals surface area contributed by atoms with Gasteiger partial charge in [0.15, 0.2) is 0 Å². The van der Waals surface area contributed by atoms with E-state index in [1.54, 1.807) is 0 Å². The molecule has 1 atom stereocenters.